The zero-order valence-corrected chi connectivity index (χ0v) is 10.2. The fourth-order valence-electron chi connectivity index (χ4n) is 1.50. The molecular formula is C11H19N3O2. The molecule has 0 aliphatic heterocycles. The first-order valence-corrected chi connectivity index (χ1v) is 5.32. The molecular weight excluding hydrogens is 206 g/mol. The number of hydrogen-bond donors (Lipinski definition) is 1. The summed E-state index contributed by atoms with van der Waals surface area (Å²) < 4.78 is 1.94. The summed E-state index contributed by atoms with van der Waals surface area (Å²) in [5, 5.41) is 8.93. The molecule has 0 aliphatic rings. The van der Waals surface area contributed by atoms with E-state index in [1.54, 1.807) is 13.1 Å². The number of carboxylic acids is 1. The van der Waals surface area contributed by atoms with E-state index in [-0.39, 0.29) is 12.0 Å². The van der Waals surface area contributed by atoms with Crippen LogP contribution in [0.25, 0.3) is 0 Å². The fraction of sp³-hybridized carbons (Fsp3) is 0.636. The van der Waals surface area contributed by atoms with Crippen LogP contribution in [0.3, 0.4) is 0 Å². The minimum atomic E-state index is -0.765. The third-order valence-electron chi connectivity index (χ3n) is 3.12. The first-order chi connectivity index (χ1) is 7.43. The van der Waals surface area contributed by atoms with Gasteiger partial charge < -0.3 is 9.67 Å². The summed E-state index contributed by atoms with van der Waals surface area (Å²) in [6, 6.07) is -0.0193. The van der Waals surface area contributed by atoms with E-state index >= 15 is 0 Å². The molecule has 0 aliphatic carbocycles. The third-order valence-corrected chi connectivity index (χ3v) is 3.12. The van der Waals surface area contributed by atoms with E-state index in [4.69, 9.17) is 5.11 Å². The van der Waals surface area contributed by atoms with Crippen LogP contribution in [0.2, 0.25) is 0 Å². The fourth-order valence-corrected chi connectivity index (χ4v) is 1.50. The number of aryl methyl sites for hydroxylation is 1. The quantitative estimate of drug-likeness (QED) is 0.811. The van der Waals surface area contributed by atoms with Gasteiger partial charge in [-0.1, -0.05) is 6.92 Å². The number of hydrogen-bond acceptors (Lipinski definition) is 3. The second kappa shape index (κ2) is 5.12. The highest BCUT2D eigenvalue weighted by molar-refractivity contribution is 5.70. The highest BCUT2D eigenvalue weighted by Crippen LogP contribution is 2.12. The molecule has 0 aromatic carbocycles. The molecule has 5 nitrogen and oxygen atoms in total. The Morgan fingerprint density at radius 2 is 2.25 bits per heavy atom. The van der Waals surface area contributed by atoms with Crippen molar-refractivity contribution < 1.29 is 9.90 Å². The predicted molar refractivity (Wildman–Crippen MR) is 60.9 cm³/mol. The van der Waals surface area contributed by atoms with E-state index in [9.17, 15) is 4.79 Å². The molecule has 1 heterocycles. The molecule has 2 atom stereocenters. The minimum absolute atomic E-state index is 0.0193. The molecule has 16 heavy (non-hydrogen) atoms. The first-order valence-electron chi connectivity index (χ1n) is 5.32. The number of imidazole rings is 1. The number of carbonyl (C=O) groups is 1. The van der Waals surface area contributed by atoms with Gasteiger partial charge in [0.15, 0.2) is 0 Å². The van der Waals surface area contributed by atoms with Crippen LogP contribution in [0.4, 0.5) is 0 Å². The van der Waals surface area contributed by atoms with Gasteiger partial charge in [0.25, 0.3) is 0 Å². The van der Waals surface area contributed by atoms with Crippen molar-refractivity contribution in [2.45, 2.75) is 26.4 Å². The zero-order chi connectivity index (χ0) is 12.3. The van der Waals surface area contributed by atoms with Gasteiger partial charge in [0.2, 0.25) is 0 Å². The predicted octanol–water partition coefficient (Wildman–Crippen LogP) is 0.961. The van der Waals surface area contributed by atoms with Gasteiger partial charge in [-0.15, -0.1) is 0 Å². The smallest absolute Gasteiger partial charge is 0.307 e. The highest BCUT2D eigenvalue weighted by Gasteiger charge is 2.23. The Labute approximate surface area is 95.7 Å². The molecule has 1 aromatic rings. The lowest BCUT2D eigenvalue weighted by atomic mass is 10.0. The summed E-state index contributed by atoms with van der Waals surface area (Å²) in [6.07, 6.45) is 3.63. The van der Waals surface area contributed by atoms with Crippen LogP contribution < -0.4 is 0 Å². The molecule has 1 rings (SSSR count). The van der Waals surface area contributed by atoms with E-state index in [1.165, 1.54) is 0 Å². The Bertz CT molecular complexity index is 362. The third kappa shape index (κ3) is 2.82. The van der Waals surface area contributed by atoms with Crippen LogP contribution in [-0.2, 0) is 18.4 Å². The monoisotopic (exact) mass is 225 g/mol. The highest BCUT2D eigenvalue weighted by atomic mass is 16.4. The van der Waals surface area contributed by atoms with E-state index in [2.05, 4.69) is 4.98 Å². The number of carboxylic acid groups (broad SMARTS) is 1. The second-order valence-electron chi connectivity index (χ2n) is 4.24. The van der Waals surface area contributed by atoms with E-state index < -0.39 is 5.97 Å². The van der Waals surface area contributed by atoms with Gasteiger partial charge in [0.05, 0.1) is 12.5 Å². The van der Waals surface area contributed by atoms with Crippen molar-refractivity contribution >= 4 is 5.97 Å². The van der Waals surface area contributed by atoms with Crippen LogP contribution in [-0.4, -0.2) is 38.6 Å². The lowest BCUT2D eigenvalue weighted by molar-refractivity contribution is -0.143. The Morgan fingerprint density at radius 1 is 1.62 bits per heavy atom. The molecule has 1 aromatic heterocycles. The van der Waals surface area contributed by atoms with Crippen molar-refractivity contribution in [1.82, 2.24) is 14.5 Å². The maximum Gasteiger partial charge on any atom is 0.307 e. The summed E-state index contributed by atoms with van der Waals surface area (Å²) in [7, 11) is 3.85. The van der Waals surface area contributed by atoms with Crippen LogP contribution in [0, 0.1) is 5.92 Å². The molecule has 90 valence electrons. The number of rotatable bonds is 5. The van der Waals surface area contributed by atoms with Gasteiger partial charge in [0, 0.05) is 25.5 Å². The zero-order valence-electron chi connectivity index (χ0n) is 10.2. The lowest BCUT2D eigenvalue weighted by Crippen LogP contribution is -2.37. The van der Waals surface area contributed by atoms with E-state index in [1.807, 2.05) is 36.7 Å². The van der Waals surface area contributed by atoms with Crippen molar-refractivity contribution in [3.8, 4) is 0 Å². The Hall–Kier alpha value is -1.36. The maximum atomic E-state index is 10.9. The summed E-state index contributed by atoms with van der Waals surface area (Å²) in [6.45, 7) is 4.30. The van der Waals surface area contributed by atoms with Crippen molar-refractivity contribution in [2.75, 3.05) is 7.05 Å². The van der Waals surface area contributed by atoms with Crippen molar-refractivity contribution in [3.05, 3.63) is 18.2 Å². The van der Waals surface area contributed by atoms with Crippen LogP contribution >= 0.6 is 0 Å². The maximum absolute atomic E-state index is 10.9. The number of nitrogens with zero attached hydrogens (tertiary/aromatic N) is 3. The van der Waals surface area contributed by atoms with Crippen molar-refractivity contribution in [1.29, 1.82) is 0 Å². The number of aliphatic carboxylic acids is 1. The molecule has 0 saturated heterocycles. The van der Waals surface area contributed by atoms with Gasteiger partial charge in [0.1, 0.15) is 5.82 Å². The Kier molecular flexibility index (Phi) is 4.06. The van der Waals surface area contributed by atoms with Crippen molar-refractivity contribution in [2.24, 2.45) is 13.0 Å². The molecule has 0 fully saturated rings. The van der Waals surface area contributed by atoms with Crippen LogP contribution in [0.15, 0.2) is 12.4 Å². The molecule has 0 spiro atoms. The van der Waals surface area contributed by atoms with Gasteiger partial charge >= 0.3 is 5.97 Å². The molecule has 2 unspecified atom stereocenters. The molecule has 5 heteroatoms. The summed E-state index contributed by atoms with van der Waals surface area (Å²) >= 11 is 0. The normalized spacial score (nSPS) is 15.1. The first kappa shape index (κ1) is 12.7. The second-order valence-corrected chi connectivity index (χ2v) is 4.24. The standard InChI is InChI=1S/C11H19N3O2/c1-8(11(15)16)9(2)14(4)7-10-12-5-6-13(10)3/h5-6,8-9H,7H2,1-4H3,(H,15,16). The SMILES string of the molecule is CC(C(=O)O)C(C)N(C)Cc1nccn1C. The van der Waals surface area contributed by atoms with Gasteiger partial charge in [-0.2, -0.15) is 0 Å². The van der Waals surface area contributed by atoms with Gasteiger partial charge in [-0.25, -0.2) is 4.98 Å². The molecule has 0 bridgehead atoms. The average molecular weight is 225 g/mol. The summed E-state index contributed by atoms with van der Waals surface area (Å²) in [4.78, 5) is 17.1. The van der Waals surface area contributed by atoms with E-state index in [0.717, 1.165) is 5.82 Å². The van der Waals surface area contributed by atoms with E-state index in [0.29, 0.717) is 6.54 Å². The molecule has 1 N–H and O–H groups in total. The Morgan fingerprint density at radius 3 is 2.69 bits per heavy atom. The number of aromatic nitrogens is 2. The van der Waals surface area contributed by atoms with Crippen LogP contribution in [0.1, 0.15) is 19.7 Å². The van der Waals surface area contributed by atoms with Gasteiger partial charge in [-0.05, 0) is 14.0 Å². The summed E-state index contributed by atoms with van der Waals surface area (Å²) in [5.41, 5.74) is 0. The minimum Gasteiger partial charge on any atom is -0.481 e. The van der Waals surface area contributed by atoms with Crippen LogP contribution in [0.5, 0.6) is 0 Å². The summed E-state index contributed by atoms with van der Waals surface area (Å²) in [5.74, 6) is -0.212. The largest absolute Gasteiger partial charge is 0.481 e. The van der Waals surface area contributed by atoms with Crippen molar-refractivity contribution in [3.63, 3.8) is 0 Å². The van der Waals surface area contributed by atoms with Gasteiger partial charge in [-0.3, -0.25) is 9.69 Å². The Balaban J connectivity index is 2.62. The molecule has 0 radical (unpaired) electrons. The average Bonchev–Trinajstić information content (AvgIpc) is 2.62. The molecule has 0 amide bonds. The topological polar surface area (TPSA) is 58.4 Å². The lowest BCUT2D eigenvalue weighted by Gasteiger charge is -2.27. The molecule has 0 saturated carbocycles.